The molecule has 0 amide bonds. The molecular weight excluding hydrogens is 457 g/mol. The van der Waals surface area contributed by atoms with Gasteiger partial charge in [0, 0.05) is 18.0 Å². The summed E-state index contributed by atoms with van der Waals surface area (Å²) in [7, 11) is 0. The quantitative estimate of drug-likeness (QED) is 0.324. The van der Waals surface area contributed by atoms with Gasteiger partial charge in [0.2, 0.25) is 0 Å². The van der Waals surface area contributed by atoms with Crippen LogP contribution in [0, 0.1) is 13.8 Å². The van der Waals surface area contributed by atoms with Crippen molar-refractivity contribution in [2.45, 2.75) is 55.7 Å². The summed E-state index contributed by atoms with van der Waals surface area (Å²) in [5.74, 6) is 2.04. The van der Waals surface area contributed by atoms with Gasteiger partial charge >= 0.3 is 18.9 Å². The normalized spacial score (nSPS) is 23.8. The number of imidazole rings is 1. The summed E-state index contributed by atoms with van der Waals surface area (Å²) >= 11 is 0. The zero-order valence-corrected chi connectivity index (χ0v) is 21.2. The molecule has 8 heteroatoms. The maximum absolute atomic E-state index is 11.9. The molecular formula is C29H28LiN5O2-2. The van der Waals surface area contributed by atoms with Crippen LogP contribution in [-0.4, -0.2) is 37.0 Å². The van der Waals surface area contributed by atoms with Crippen LogP contribution in [0.15, 0.2) is 48.8 Å². The molecule has 0 saturated heterocycles. The fourth-order valence-corrected chi connectivity index (χ4v) is 5.82. The van der Waals surface area contributed by atoms with Crippen LogP contribution >= 0.6 is 0 Å². The number of hydrogen-bond acceptors (Lipinski definition) is 6. The zero-order chi connectivity index (χ0) is 23.7. The molecule has 4 aromatic rings. The van der Waals surface area contributed by atoms with Crippen molar-refractivity contribution in [2.75, 3.05) is 0 Å². The summed E-state index contributed by atoms with van der Waals surface area (Å²) in [5.41, 5.74) is 12.6. The van der Waals surface area contributed by atoms with E-state index in [4.69, 9.17) is 10.7 Å². The fraction of sp³-hybridized carbons (Fsp3) is 0.310. The second kappa shape index (κ2) is 9.41. The van der Waals surface area contributed by atoms with E-state index in [0.717, 1.165) is 40.0 Å². The number of aliphatic hydroxyl groups excluding tert-OH is 1. The van der Waals surface area contributed by atoms with Crippen molar-refractivity contribution in [3.63, 3.8) is 0 Å². The van der Waals surface area contributed by atoms with Crippen molar-refractivity contribution < 1.29 is 28.8 Å². The van der Waals surface area contributed by atoms with Gasteiger partial charge in [0.15, 0.2) is 0 Å². The average molecular weight is 486 g/mol. The van der Waals surface area contributed by atoms with Crippen molar-refractivity contribution in [1.29, 1.82) is 0 Å². The van der Waals surface area contributed by atoms with E-state index in [1.165, 1.54) is 18.4 Å². The molecule has 7 rings (SSSR count). The van der Waals surface area contributed by atoms with Crippen LogP contribution in [0.1, 0.15) is 72.4 Å². The average Bonchev–Trinajstić information content (AvgIpc) is 3.53. The Balaban J connectivity index is 0.00000140. The van der Waals surface area contributed by atoms with Gasteiger partial charge in [-0.1, -0.05) is 17.7 Å². The third-order valence-corrected chi connectivity index (χ3v) is 7.78. The standard InChI is InChI=1S/C28H25N5O2.CH3.Li/c29-28(11-20(35)12-28)27-30-13-19(14-31-27)17-6-7-22-24(10-17)33-23(8-9-25(33)32-22)26-18(15-34)2-1-3-21(26)16-4-5-16;;/h1-3,6-7,9-10,13-14,16,20,23,35H,4-5,8,11-12,29H2;1H3;/q-2;-1;+1/t20?,23-,28?;;/m1../s1. The van der Waals surface area contributed by atoms with E-state index >= 15 is 0 Å². The van der Waals surface area contributed by atoms with Crippen LogP contribution < -0.4 is 24.6 Å². The van der Waals surface area contributed by atoms with Gasteiger partial charge < -0.3 is 34.0 Å². The van der Waals surface area contributed by atoms with Gasteiger partial charge in [-0.25, -0.2) is 9.97 Å². The second-order valence-electron chi connectivity index (χ2n) is 10.2. The van der Waals surface area contributed by atoms with Gasteiger partial charge in [0.1, 0.15) is 5.82 Å². The molecule has 37 heavy (non-hydrogen) atoms. The van der Waals surface area contributed by atoms with E-state index in [9.17, 15) is 9.90 Å². The van der Waals surface area contributed by atoms with Crippen LogP contribution in [0.25, 0.3) is 22.2 Å². The third-order valence-electron chi connectivity index (χ3n) is 7.78. The molecule has 0 unspecified atom stereocenters. The number of carbonyl (C=O) groups excluding carboxylic acids is 1. The summed E-state index contributed by atoms with van der Waals surface area (Å²) in [4.78, 5) is 25.8. The summed E-state index contributed by atoms with van der Waals surface area (Å²) in [6, 6.07) is 12.2. The maximum atomic E-state index is 11.9. The van der Waals surface area contributed by atoms with Gasteiger partial charge in [-0.3, -0.25) is 4.98 Å². The van der Waals surface area contributed by atoms with Crippen LogP contribution in [0.2, 0.25) is 0 Å². The molecule has 0 spiro atoms. The van der Waals surface area contributed by atoms with Crippen molar-refractivity contribution >= 4 is 17.3 Å². The predicted molar refractivity (Wildman–Crippen MR) is 138 cm³/mol. The molecule has 7 nitrogen and oxygen atoms in total. The van der Waals surface area contributed by atoms with Gasteiger partial charge in [-0.2, -0.15) is 6.07 Å². The summed E-state index contributed by atoms with van der Waals surface area (Å²) in [6.07, 6.45) is 11.7. The number of rotatable bonds is 5. The Hall–Kier alpha value is -2.95. The SMILES string of the molecule is NC1(c2ncc(-c3ccc4nc5n(c4c3)[C@@H](c3c([C-]=O)cccc3C3CC3)C[CH-]5)cn2)CC(O)C1.[CH3-].[Li+]. The molecule has 1 atom stereocenters. The van der Waals surface area contributed by atoms with Gasteiger partial charge in [0.05, 0.1) is 29.0 Å². The first-order valence-electron chi connectivity index (χ1n) is 12.2. The second-order valence-corrected chi connectivity index (χ2v) is 10.2. The molecule has 2 fully saturated rings. The van der Waals surface area contributed by atoms with E-state index in [1.807, 2.05) is 24.3 Å². The summed E-state index contributed by atoms with van der Waals surface area (Å²) < 4.78 is 2.26. The number of nitrogens with zero attached hydrogens (tertiary/aromatic N) is 4. The fourth-order valence-electron chi connectivity index (χ4n) is 5.82. The van der Waals surface area contributed by atoms with Crippen LogP contribution in [0.4, 0.5) is 0 Å². The summed E-state index contributed by atoms with van der Waals surface area (Å²) in [6.45, 7) is 0. The molecule has 1 aliphatic heterocycles. The van der Waals surface area contributed by atoms with Gasteiger partial charge in [0.25, 0.3) is 0 Å². The predicted octanol–water partition coefficient (Wildman–Crippen LogP) is 1.14. The number of aromatic nitrogens is 4. The Morgan fingerprint density at radius 2 is 1.86 bits per heavy atom. The van der Waals surface area contributed by atoms with E-state index in [1.54, 1.807) is 12.4 Å². The molecule has 2 aliphatic carbocycles. The van der Waals surface area contributed by atoms with Crippen molar-refractivity contribution in [3.8, 4) is 11.1 Å². The minimum Gasteiger partial charge on any atom is -0.393 e. The number of hydrogen-bond donors (Lipinski definition) is 2. The Kier molecular flexibility index (Phi) is 6.53. The number of nitrogens with two attached hydrogens (primary N) is 1. The van der Waals surface area contributed by atoms with Crippen molar-refractivity contribution in [2.24, 2.45) is 5.73 Å². The maximum Gasteiger partial charge on any atom is 1.00 e. The molecule has 3 aliphatic rings. The first-order valence-corrected chi connectivity index (χ1v) is 12.2. The monoisotopic (exact) mass is 485 g/mol. The van der Waals surface area contributed by atoms with Crippen LogP contribution in [0.3, 0.4) is 0 Å². The Labute approximate surface area is 228 Å². The molecule has 2 aromatic carbocycles. The van der Waals surface area contributed by atoms with Gasteiger partial charge in [-0.05, 0) is 61.2 Å². The molecule has 3 heterocycles. The topological polar surface area (TPSA) is 107 Å². The van der Waals surface area contributed by atoms with E-state index in [-0.39, 0.29) is 38.4 Å². The molecule has 0 bridgehead atoms. The molecule has 2 saturated carbocycles. The number of fused-ring (bicyclic) bond motifs is 3. The number of benzene rings is 2. The summed E-state index contributed by atoms with van der Waals surface area (Å²) in [5, 5.41) is 9.65. The van der Waals surface area contributed by atoms with E-state index in [0.29, 0.717) is 30.1 Å². The zero-order valence-electron chi connectivity index (χ0n) is 21.2. The Bertz CT molecular complexity index is 1470. The van der Waals surface area contributed by atoms with Crippen molar-refractivity contribution in [3.05, 3.63) is 91.0 Å². The van der Waals surface area contributed by atoms with Gasteiger partial charge in [-0.15, -0.1) is 23.6 Å². The molecule has 3 N–H and O–H groups in total. The minimum absolute atomic E-state index is 0. The molecule has 0 radical (unpaired) electrons. The van der Waals surface area contributed by atoms with Crippen molar-refractivity contribution in [1.82, 2.24) is 19.5 Å². The molecule has 184 valence electrons. The Morgan fingerprint density at radius 3 is 2.54 bits per heavy atom. The Morgan fingerprint density at radius 1 is 1.11 bits per heavy atom. The minimum atomic E-state index is -0.639. The van der Waals surface area contributed by atoms with E-state index < -0.39 is 5.54 Å². The van der Waals surface area contributed by atoms with Crippen LogP contribution in [0.5, 0.6) is 0 Å². The first-order chi connectivity index (χ1) is 17.0. The largest absolute Gasteiger partial charge is 1.00 e. The number of aliphatic hydroxyl groups is 1. The molecule has 2 aromatic heterocycles. The third kappa shape index (κ3) is 4.11. The first kappa shape index (κ1) is 25.7. The smallest absolute Gasteiger partial charge is 0.393 e. The van der Waals surface area contributed by atoms with Crippen LogP contribution in [-0.2, 0) is 10.3 Å². The van der Waals surface area contributed by atoms with E-state index in [2.05, 4.69) is 39.4 Å².